The summed E-state index contributed by atoms with van der Waals surface area (Å²) in [6, 6.07) is 6.78. The van der Waals surface area contributed by atoms with Crippen LogP contribution in [0.5, 0.6) is 5.88 Å². The molecule has 1 saturated heterocycles. The fourth-order valence-corrected chi connectivity index (χ4v) is 3.25. The molecule has 1 fully saturated rings. The second-order valence-corrected chi connectivity index (χ2v) is 7.45. The number of carbonyl (C=O) groups is 1. The number of aryl methyl sites for hydroxylation is 2. The lowest BCUT2D eigenvalue weighted by atomic mass is 10.1. The maximum absolute atomic E-state index is 13.3. The van der Waals surface area contributed by atoms with Gasteiger partial charge in [0.1, 0.15) is 18.1 Å². The Morgan fingerprint density at radius 1 is 1.16 bits per heavy atom. The molecular formula is C21H21F2N5O3. The van der Waals surface area contributed by atoms with E-state index in [1.54, 1.807) is 13.1 Å². The van der Waals surface area contributed by atoms with Gasteiger partial charge in [-0.3, -0.25) is 9.78 Å². The van der Waals surface area contributed by atoms with Crippen LogP contribution in [0.2, 0.25) is 0 Å². The molecule has 1 amide bonds. The first-order valence-electron chi connectivity index (χ1n) is 9.84. The van der Waals surface area contributed by atoms with E-state index in [4.69, 9.17) is 9.26 Å². The minimum absolute atomic E-state index is 0.00479. The number of likely N-dealkylation sites (tertiary alicyclic amines) is 1. The van der Waals surface area contributed by atoms with E-state index in [0.29, 0.717) is 11.5 Å². The largest absolute Gasteiger partial charge is 0.472 e. The van der Waals surface area contributed by atoms with Crippen molar-refractivity contribution < 1.29 is 22.8 Å². The molecule has 4 heterocycles. The van der Waals surface area contributed by atoms with Crippen molar-refractivity contribution in [2.24, 2.45) is 0 Å². The number of rotatable bonds is 5. The second kappa shape index (κ2) is 8.37. The van der Waals surface area contributed by atoms with Crippen LogP contribution in [0.4, 0.5) is 8.78 Å². The summed E-state index contributed by atoms with van der Waals surface area (Å²) in [6.45, 7) is 3.81. The van der Waals surface area contributed by atoms with Gasteiger partial charge in [0.05, 0.1) is 5.56 Å². The monoisotopic (exact) mass is 429 g/mol. The molecular weight excluding hydrogens is 408 g/mol. The van der Waals surface area contributed by atoms with Crippen molar-refractivity contribution >= 4 is 5.91 Å². The molecule has 8 nitrogen and oxygen atoms in total. The number of aromatic nitrogens is 4. The standard InChI is InChI=1S/C21H21F2N5O3/c1-13-3-4-15(11-24-13)19-16(14(2)31-27-19)12-30-18-6-5-17(25-26-18)20(29)28-9-7-21(22,23)8-10-28/h3-6,11H,7-10,12H2,1-2H3. The highest BCUT2D eigenvalue weighted by molar-refractivity contribution is 5.92. The first-order valence-corrected chi connectivity index (χ1v) is 9.84. The Morgan fingerprint density at radius 2 is 1.94 bits per heavy atom. The Hall–Kier alpha value is -3.43. The Balaban J connectivity index is 1.41. The predicted octanol–water partition coefficient (Wildman–Crippen LogP) is 3.59. The van der Waals surface area contributed by atoms with Crippen LogP contribution in [-0.4, -0.2) is 50.2 Å². The minimum Gasteiger partial charge on any atom is -0.472 e. The van der Waals surface area contributed by atoms with E-state index in [-0.39, 0.29) is 44.1 Å². The molecule has 0 atom stereocenters. The van der Waals surface area contributed by atoms with E-state index in [1.807, 2.05) is 19.1 Å². The van der Waals surface area contributed by atoms with Gasteiger partial charge in [0.15, 0.2) is 5.69 Å². The number of amides is 1. The van der Waals surface area contributed by atoms with Gasteiger partial charge in [-0.05, 0) is 32.0 Å². The summed E-state index contributed by atoms with van der Waals surface area (Å²) in [5, 5.41) is 11.9. The number of alkyl halides is 2. The molecule has 1 aliphatic rings. The van der Waals surface area contributed by atoms with E-state index in [2.05, 4.69) is 20.3 Å². The van der Waals surface area contributed by atoms with Crippen LogP contribution in [0.15, 0.2) is 35.0 Å². The summed E-state index contributed by atoms with van der Waals surface area (Å²) >= 11 is 0. The quantitative estimate of drug-likeness (QED) is 0.612. The highest BCUT2D eigenvalue weighted by Gasteiger charge is 2.36. The smallest absolute Gasteiger partial charge is 0.274 e. The van der Waals surface area contributed by atoms with E-state index < -0.39 is 11.8 Å². The third-order valence-electron chi connectivity index (χ3n) is 5.18. The van der Waals surface area contributed by atoms with Gasteiger partial charge in [-0.25, -0.2) is 8.78 Å². The van der Waals surface area contributed by atoms with Crippen LogP contribution < -0.4 is 4.74 Å². The van der Waals surface area contributed by atoms with Crippen LogP contribution in [0.3, 0.4) is 0 Å². The van der Waals surface area contributed by atoms with Gasteiger partial charge < -0.3 is 14.2 Å². The first kappa shape index (κ1) is 20.8. The number of hydrogen-bond donors (Lipinski definition) is 0. The fraction of sp³-hybridized carbons (Fsp3) is 0.381. The molecule has 0 radical (unpaired) electrons. The number of nitrogens with zero attached hydrogens (tertiary/aromatic N) is 5. The van der Waals surface area contributed by atoms with Gasteiger partial charge in [0, 0.05) is 49.5 Å². The number of ether oxygens (including phenoxy) is 1. The number of carbonyl (C=O) groups excluding carboxylic acids is 1. The summed E-state index contributed by atoms with van der Waals surface area (Å²) in [5.74, 6) is -2.31. The van der Waals surface area contributed by atoms with Crippen molar-refractivity contribution in [2.45, 2.75) is 39.2 Å². The number of halogens is 2. The first-order chi connectivity index (χ1) is 14.8. The summed E-state index contributed by atoms with van der Waals surface area (Å²) in [5.41, 5.74) is 3.17. The normalized spacial score (nSPS) is 15.7. The van der Waals surface area contributed by atoms with Gasteiger partial charge in [-0.15, -0.1) is 10.2 Å². The van der Waals surface area contributed by atoms with Gasteiger partial charge >= 0.3 is 0 Å². The van der Waals surface area contributed by atoms with E-state index in [0.717, 1.165) is 16.8 Å². The van der Waals surface area contributed by atoms with Crippen molar-refractivity contribution in [1.29, 1.82) is 0 Å². The summed E-state index contributed by atoms with van der Waals surface area (Å²) < 4.78 is 37.6. The third kappa shape index (κ3) is 4.68. The second-order valence-electron chi connectivity index (χ2n) is 7.45. The average molecular weight is 429 g/mol. The highest BCUT2D eigenvalue weighted by atomic mass is 19.3. The molecule has 4 rings (SSSR count). The van der Waals surface area contributed by atoms with Crippen molar-refractivity contribution in [3.8, 4) is 17.1 Å². The Morgan fingerprint density at radius 3 is 2.58 bits per heavy atom. The predicted molar refractivity (Wildman–Crippen MR) is 106 cm³/mol. The van der Waals surface area contributed by atoms with E-state index in [1.165, 1.54) is 17.0 Å². The lowest BCUT2D eigenvalue weighted by molar-refractivity contribution is -0.0495. The Bertz CT molecular complexity index is 1060. The van der Waals surface area contributed by atoms with Crippen molar-refractivity contribution in [3.63, 3.8) is 0 Å². The van der Waals surface area contributed by atoms with Crippen LogP contribution in [0, 0.1) is 13.8 Å². The van der Waals surface area contributed by atoms with Gasteiger partial charge in [-0.1, -0.05) is 5.16 Å². The molecule has 0 spiro atoms. The lowest BCUT2D eigenvalue weighted by Gasteiger charge is -2.31. The fourth-order valence-electron chi connectivity index (χ4n) is 3.25. The summed E-state index contributed by atoms with van der Waals surface area (Å²) in [4.78, 5) is 18.1. The molecule has 0 unspecified atom stereocenters. The Kier molecular flexibility index (Phi) is 5.62. The molecule has 0 aromatic carbocycles. The zero-order valence-electron chi connectivity index (χ0n) is 17.1. The van der Waals surface area contributed by atoms with E-state index in [9.17, 15) is 13.6 Å². The molecule has 0 saturated carbocycles. The van der Waals surface area contributed by atoms with Crippen molar-refractivity contribution in [3.05, 3.63) is 53.2 Å². The molecule has 3 aromatic heterocycles. The topological polar surface area (TPSA) is 94.2 Å². The molecule has 0 aliphatic carbocycles. The van der Waals surface area contributed by atoms with Crippen LogP contribution >= 0.6 is 0 Å². The number of pyridine rings is 1. The van der Waals surface area contributed by atoms with E-state index >= 15 is 0 Å². The molecule has 162 valence electrons. The molecule has 0 bridgehead atoms. The maximum Gasteiger partial charge on any atom is 0.274 e. The van der Waals surface area contributed by atoms with Gasteiger partial charge in [-0.2, -0.15) is 0 Å². The molecule has 3 aromatic rings. The number of hydrogen-bond acceptors (Lipinski definition) is 7. The summed E-state index contributed by atoms with van der Waals surface area (Å²) in [7, 11) is 0. The van der Waals surface area contributed by atoms with Crippen LogP contribution in [0.1, 0.15) is 40.3 Å². The maximum atomic E-state index is 13.3. The molecule has 10 heteroatoms. The molecule has 31 heavy (non-hydrogen) atoms. The van der Waals surface area contributed by atoms with Gasteiger partial charge in [0.25, 0.3) is 11.8 Å². The van der Waals surface area contributed by atoms with Crippen molar-refractivity contribution in [1.82, 2.24) is 25.2 Å². The molecule has 1 aliphatic heterocycles. The zero-order chi connectivity index (χ0) is 22.0. The minimum atomic E-state index is -2.71. The SMILES string of the molecule is Cc1ccc(-c2noc(C)c2COc2ccc(C(=O)N3CCC(F)(F)CC3)nn2)cn1. The molecule has 0 N–H and O–H groups in total. The van der Waals surface area contributed by atoms with Crippen LogP contribution in [-0.2, 0) is 6.61 Å². The van der Waals surface area contributed by atoms with Crippen molar-refractivity contribution in [2.75, 3.05) is 13.1 Å². The number of piperidine rings is 1. The average Bonchev–Trinajstić information content (AvgIpc) is 3.13. The summed E-state index contributed by atoms with van der Waals surface area (Å²) in [6.07, 6.45) is 1.03. The lowest BCUT2D eigenvalue weighted by Crippen LogP contribution is -2.43. The Labute approximate surface area is 177 Å². The highest BCUT2D eigenvalue weighted by Crippen LogP contribution is 2.28. The third-order valence-corrected chi connectivity index (χ3v) is 5.18. The van der Waals surface area contributed by atoms with Crippen LogP contribution in [0.25, 0.3) is 11.3 Å². The van der Waals surface area contributed by atoms with Gasteiger partial charge in [0.2, 0.25) is 5.88 Å². The zero-order valence-corrected chi connectivity index (χ0v) is 17.1.